The van der Waals surface area contributed by atoms with Gasteiger partial charge in [0.15, 0.2) is 0 Å². The molecule has 3 heteroatoms. The number of aliphatic hydroxyl groups is 1. The summed E-state index contributed by atoms with van der Waals surface area (Å²) in [5, 5.41) is 9.80. The van der Waals surface area contributed by atoms with Gasteiger partial charge in [-0.3, -0.25) is 0 Å². The van der Waals surface area contributed by atoms with Crippen molar-refractivity contribution in [2.45, 2.75) is 19.4 Å². The van der Waals surface area contributed by atoms with Gasteiger partial charge in [0.25, 0.3) is 0 Å². The zero-order chi connectivity index (χ0) is 10.1. The topological polar surface area (TPSA) is 29.5 Å². The molecule has 0 radical (unpaired) electrons. The molecule has 0 amide bonds. The van der Waals surface area contributed by atoms with E-state index in [9.17, 15) is 5.11 Å². The van der Waals surface area contributed by atoms with Gasteiger partial charge in [-0.15, -0.1) is 0 Å². The Morgan fingerprint density at radius 1 is 1.38 bits per heavy atom. The van der Waals surface area contributed by atoms with E-state index in [0.717, 1.165) is 15.8 Å². The van der Waals surface area contributed by atoms with Crippen LogP contribution in [0.2, 0.25) is 0 Å². The molecule has 2 nitrogen and oxygen atoms in total. The van der Waals surface area contributed by atoms with Crippen LogP contribution in [0.3, 0.4) is 0 Å². The second-order valence-corrected chi connectivity index (χ2v) is 4.17. The van der Waals surface area contributed by atoms with Crippen LogP contribution in [0.25, 0.3) is 0 Å². The summed E-state index contributed by atoms with van der Waals surface area (Å²) in [6.45, 7) is 3.49. The molecule has 0 aliphatic rings. The van der Waals surface area contributed by atoms with E-state index in [1.54, 1.807) is 21.0 Å². The summed E-state index contributed by atoms with van der Waals surface area (Å²) in [6, 6.07) is 5.57. The number of hydrogen-bond acceptors (Lipinski definition) is 2. The van der Waals surface area contributed by atoms with Gasteiger partial charge >= 0.3 is 0 Å². The molecule has 0 saturated heterocycles. The van der Waals surface area contributed by atoms with Gasteiger partial charge in [-0.2, -0.15) is 0 Å². The molecule has 0 fully saturated rings. The minimum absolute atomic E-state index is 0.736. The fourth-order valence-electron chi connectivity index (χ4n) is 1.14. The number of methoxy groups -OCH3 is 1. The standard InChI is InChI=1S/C10H13BrO2/c1-10(2,12)7-5-4-6-8(13-3)9(7)11/h4-6,12H,1-3H3. The number of rotatable bonds is 2. The third-order valence-electron chi connectivity index (χ3n) is 1.84. The number of ether oxygens (including phenoxy) is 1. The largest absolute Gasteiger partial charge is 0.496 e. The van der Waals surface area contributed by atoms with Crippen LogP contribution in [-0.2, 0) is 5.60 Å². The van der Waals surface area contributed by atoms with E-state index in [2.05, 4.69) is 15.9 Å². The highest BCUT2D eigenvalue weighted by Gasteiger charge is 2.20. The third kappa shape index (κ3) is 2.23. The van der Waals surface area contributed by atoms with Crippen LogP contribution in [0.5, 0.6) is 5.75 Å². The van der Waals surface area contributed by atoms with Crippen molar-refractivity contribution in [3.63, 3.8) is 0 Å². The molecule has 1 aromatic rings. The molecule has 0 unspecified atom stereocenters. The van der Waals surface area contributed by atoms with Crippen LogP contribution < -0.4 is 4.74 Å². The lowest BCUT2D eigenvalue weighted by Crippen LogP contribution is -2.16. The summed E-state index contributed by atoms with van der Waals surface area (Å²) < 4.78 is 5.93. The van der Waals surface area contributed by atoms with Gasteiger partial charge in [-0.25, -0.2) is 0 Å². The summed E-state index contributed by atoms with van der Waals surface area (Å²) in [5.74, 6) is 0.736. The molecule has 0 saturated carbocycles. The summed E-state index contributed by atoms with van der Waals surface area (Å²) in [5.41, 5.74) is -0.0280. The van der Waals surface area contributed by atoms with E-state index in [-0.39, 0.29) is 0 Å². The van der Waals surface area contributed by atoms with Crippen molar-refractivity contribution in [3.05, 3.63) is 28.2 Å². The van der Waals surface area contributed by atoms with Gasteiger partial charge in [0.05, 0.1) is 17.2 Å². The monoisotopic (exact) mass is 244 g/mol. The van der Waals surface area contributed by atoms with Crippen molar-refractivity contribution in [2.75, 3.05) is 7.11 Å². The molecule has 72 valence electrons. The number of halogens is 1. The van der Waals surface area contributed by atoms with Crippen molar-refractivity contribution >= 4 is 15.9 Å². The van der Waals surface area contributed by atoms with E-state index in [1.807, 2.05) is 18.2 Å². The van der Waals surface area contributed by atoms with Crippen LogP contribution in [0.15, 0.2) is 22.7 Å². The molecule has 1 aromatic carbocycles. The Kier molecular flexibility index (Phi) is 2.98. The fourth-order valence-corrected chi connectivity index (χ4v) is 2.05. The lowest BCUT2D eigenvalue weighted by molar-refractivity contribution is 0.0775. The normalized spacial score (nSPS) is 11.5. The third-order valence-corrected chi connectivity index (χ3v) is 2.66. The predicted octanol–water partition coefficient (Wildman–Crippen LogP) is 2.69. The summed E-state index contributed by atoms with van der Waals surface area (Å²) in [6.07, 6.45) is 0. The molecule has 13 heavy (non-hydrogen) atoms. The van der Waals surface area contributed by atoms with Crippen LogP contribution in [0, 0.1) is 0 Å². The minimum atomic E-state index is -0.854. The van der Waals surface area contributed by atoms with Gasteiger partial charge in [-0.05, 0) is 35.8 Å². The zero-order valence-electron chi connectivity index (χ0n) is 7.97. The predicted molar refractivity (Wildman–Crippen MR) is 55.9 cm³/mol. The van der Waals surface area contributed by atoms with Crippen LogP contribution in [0.1, 0.15) is 19.4 Å². The van der Waals surface area contributed by atoms with Gasteiger partial charge in [0, 0.05) is 5.56 Å². The van der Waals surface area contributed by atoms with Gasteiger partial charge in [-0.1, -0.05) is 12.1 Å². The minimum Gasteiger partial charge on any atom is -0.496 e. The molecular formula is C10H13BrO2. The smallest absolute Gasteiger partial charge is 0.133 e. The van der Waals surface area contributed by atoms with E-state index < -0.39 is 5.60 Å². The maximum absolute atomic E-state index is 9.80. The van der Waals surface area contributed by atoms with Crippen molar-refractivity contribution in [1.82, 2.24) is 0 Å². The number of benzene rings is 1. The first-order valence-electron chi connectivity index (χ1n) is 4.02. The van der Waals surface area contributed by atoms with Crippen molar-refractivity contribution in [2.24, 2.45) is 0 Å². The maximum Gasteiger partial charge on any atom is 0.133 e. The van der Waals surface area contributed by atoms with Crippen molar-refractivity contribution in [3.8, 4) is 5.75 Å². The van der Waals surface area contributed by atoms with Gasteiger partial charge in [0.2, 0.25) is 0 Å². The highest BCUT2D eigenvalue weighted by Crippen LogP contribution is 2.34. The molecule has 0 aliphatic carbocycles. The highest BCUT2D eigenvalue weighted by atomic mass is 79.9. The first-order chi connectivity index (χ1) is 5.96. The van der Waals surface area contributed by atoms with E-state index in [4.69, 9.17) is 4.74 Å². The van der Waals surface area contributed by atoms with Gasteiger partial charge in [0.1, 0.15) is 5.75 Å². The molecule has 0 aliphatic heterocycles. The Labute approximate surface area is 86.7 Å². The number of hydrogen-bond donors (Lipinski definition) is 1. The van der Waals surface area contributed by atoms with E-state index >= 15 is 0 Å². The van der Waals surface area contributed by atoms with E-state index in [0.29, 0.717) is 0 Å². The molecule has 1 N–H and O–H groups in total. The molecule has 0 bridgehead atoms. The second kappa shape index (κ2) is 3.68. The lowest BCUT2D eigenvalue weighted by atomic mass is 9.98. The lowest BCUT2D eigenvalue weighted by Gasteiger charge is -2.20. The van der Waals surface area contributed by atoms with Gasteiger partial charge < -0.3 is 9.84 Å². The Morgan fingerprint density at radius 2 is 2.00 bits per heavy atom. The first kappa shape index (κ1) is 10.5. The molecule has 0 aromatic heterocycles. The van der Waals surface area contributed by atoms with E-state index in [1.165, 1.54) is 0 Å². The molecule has 0 spiro atoms. The quantitative estimate of drug-likeness (QED) is 0.867. The van der Waals surface area contributed by atoms with Crippen LogP contribution in [0.4, 0.5) is 0 Å². The Balaban J connectivity index is 3.24. The molecule has 0 heterocycles. The molecular weight excluding hydrogens is 232 g/mol. The SMILES string of the molecule is COc1cccc(C(C)(C)O)c1Br. The first-order valence-corrected chi connectivity index (χ1v) is 4.81. The van der Waals surface area contributed by atoms with Crippen LogP contribution >= 0.6 is 15.9 Å². The molecule has 1 rings (SSSR count). The summed E-state index contributed by atoms with van der Waals surface area (Å²) in [7, 11) is 1.61. The second-order valence-electron chi connectivity index (χ2n) is 3.38. The fraction of sp³-hybridized carbons (Fsp3) is 0.400. The average molecular weight is 245 g/mol. The Morgan fingerprint density at radius 3 is 2.46 bits per heavy atom. The van der Waals surface area contributed by atoms with Crippen molar-refractivity contribution < 1.29 is 9.84 Å². The van der Waals surface area contributed by atoms with Crippen molar-refractivity contribution in [1.29, 1.82) is 0 Å². The Bertz CT molecular complexity index is 302. The summed E-state index contributed by atoms with van der Waals surface area (Å²) in [4.78, 5) is 0. The average Bonchev–Trinajstić information content (AvgIpc) is 2.02. The van der Waals surface area contributed by atoms with Crippen LogP contribution in [-0.4, -0.2) is 12.2 Å². The highest BCUT2D eigenvalue weighted by molar-refractivity contribution is 9.10. The Hall–Kier alpha value is -0.540. The maximum atomic E-state index is 9.80. The zero-order valence-corrected chi connectivity index (χ0v) is 9.55. The molecule has 0 atom stereocenters. The summed E-state index contributed by atoms with van der Waals surface area (Å²) >= 11 is 3.39.